The molecule has 0 fully saturated rings. The Labute approximate surface area is 101 Å². The minimum atomic E-state index is 0.206. The van der Waals surface area contributed by atoms with Crippen LogP contribution in [-0.4, -0.2) is 4.98 Å². The van der Waals surface area contributed by atoms with Gasteiger partial charge in [0.15, 0.2) is 0 Å². The highest BCUT2D eigenvalue weighted by molar-refractivity contribution is 14.1. The molecule has 0 radical (unpaired) electrons. The molecule has 0 saturated heterocycles. The summed E-state index contributed by atoms with van der Waals surface area (Å²) in [6.07, 6.45) is 1.96. The molecule has 0 aromatic carbocycles. The van der Waals surface area contributed by atoms with Crippen LogP contribution < -0.4 is 0 Å². The highest BCUT2D eigenvalue weighted by Gasteiger charge is 2.14. The van der Waals surface area contributed by atoms with Crippen LogP contribution in [0.25, 0.3) is 0 Å². The topological polar surface area (TPSA) is 12.9 Å². The third-order valence-electron chi connectivity index (χ3n) is 1.66. The highest BCUT2D eigenvalue weighted by Crippen LogP contribution is 2.24. The lowest BCUT2D eigenvalue weighted by atomic mass is 9.88. The van der Waals surface area contributed by atoms with Crippen LogP contribution in [0.2, 0.25) is 0 Å². The lowest BCUT2D eigenvalue weighted by molar-refractivity contribution is 0.586. The number of nitrogens with zero attached hydrogens (tertiary/aromatic N) is 1. The van der Waals surface area contributed by atoms with Crippen molar-refractivity contribution in [3.63, 3.8) is 0 Å². The van der Waals surface area contributed by atoms with Gasteiger partial charge in [-0.25, -0.2) is 4.98 Å². The van der Waals surface area contributed by atoms with E-state index in [0.29, 0.717) is 0 Å². The van der Waals surface area contributed by atoms with E-state index >= 15 is 0 Å². The van der Waals surface area contributed by atoms with Gasteiger partial charge in [-0.1, -0.05) is 20.8 Å². The zero-order valence-corrected chi connectivity index (χ0v) is 11.7. The Hall–Kier alpha value is 0.610. The van der Waals surface area contributed by atoms with Gasteiger partial charge in [-0.3, -0.25) is 0 Å². The minimum Gasteiger partial charge on any atom is -0.249 e. The molecule has 0 amide bonds. The molecule has 1 aromatic rings. The normalized spacial score (nSPS) is 11.8. The zero-order chi connectivity index (χ0) is 9.35. The van der Waals surface area contributed by atoms with Gasteiger partial charge in [0.1, 0.15) is 3.70 Å². The maximum Gasteiger partial charge on any atom is 0.114 e. The van der Waals surface area contributed by atoms with Crippen molar-refractivity contribution in [2.24, 2.45) is 0 Å². The van der Waals surface area contributed by atoms with Gasteiger partial charge >= 0.3 is 0 Å². The molecular formula is C9H11I2N. The van der Waals surface area contributed by atoms with E-state index < -0.39 is 0 Å². The van der Waals surface area contributed by atoms with Crippen molar-refractivity contribution in [1.29, 1.82) is 0 Å². The molecule has 0 saturated carbocycles. The third kappa shape index (κ3) is 2.55. The summed E-state index contributed by atoms with van der Waals surface area (Å²) >= 11 is 4.57. The van der Waals surface area contributed by atoms with Gasteiger partial charge in [0.2, 0.25) is 0 Å². The maximum absolute atomic E-state index is 4.32. The fourth-order valence-corrected chi connectivity index (χ4v) is 1.60. The Morgan fingerprint density at radius 3 is 2.25 bits per heavy atom. The molecule has 0 bridgehead atoms. The van der Waals surface area contributed by atoms with Crippen LogP contribution in [0.5, 0.6) is 0 Å². The van der Waals surface area contributed by atoms with E-state index in [1.54, 1.807) is 0 Å². The first kappa shape index (κ1) is 10.7. The van der Waals surface area contributed by atoms with E-state index in [1.165, 1.54) is 9.13 Å². The van der Waals surface area contributed by atoms with E-state index in [-0.39, 0.29) is 5.41 Å². The molecule has 0 atom stereocenters. The molecule has 0 N–H and O–H groups in total. The van der Waals surface area contributed by atoms with E-state index in [2.05, 4.69) is 77.0 Å². The number of aromatic nitrogens is 1. The number of halogens is 2. The molecule has 3 heteroatoms. The molecule has 66 valence electrons. The van der Waals surface area contributed by atoms with Crippen molar-refractivity contribution in [3.8, 4) is 0 Å². The average Bonchev–Trinajstić information content (AvgIpc) is 1.92. The summed E-state index contributed by atoms with van der Waals surface area (Å²) in [4.78, 5) is 4.32. The fraction of sp³-hybridized carbons (Fsp3) is 0.444. The highest BCUT2D eigenvalue weighted by atomic mass is 127. The molecule has 12 heavy (non-hydrogen) atoms. The fourth-order valence-electron chi connectivity index (χ4n) is 0.831. The first-order valence-corrected chi connectivity index (χ1v) is 5.88. The molecule has 0 spiro atoms. The Morgan fingerprint density at radius 2 is 1.83 bits per heavy atom. The quantitative estimate of drug-likeness (QED) is 0.490. The second kappa shape index (κ2) is 3.77. The number of pyridine rings is 1. The van der Waals surface area contributed by atoms with Gasteiger partial charge in [-0.2, -0.15) is 0 Å². The van der Waals surface area contributed by atoms with E-state index in [9.17, 15) is 0 Å². The number of rotatable bonds is 0. The Morgan fingerprint density at radius 1 is 1.25 bits per heavy atom. The van der Waals surface area contributed by atoms with Crippen LogP contribution in [0, 0.1) is 7.27 Å². The van der Waals surface area contributed by atoms with E-state index in [1.807, 2.05) is 6.20 Å². The van der Waals surface area contributed by atoms with Crippen molar-refractivity contribution in [2.45, 2.75) is 26.2 Å². The first-order valence-electron chi connectivity index (χ1n) is 3.73. The second-order valence-electron chi connectivity index (χ2n) is 3.75. The van der Waals surface area contributed by atoms with Crippen molar-refractivity contribution in [3.05, 3.63) is 25.1 Å². The summed E-state index contributed by atoms with van der Waals surface area (Å²) in [6, 6.07) is 2.20. The molecule has 1 aromatic heterocycles. The summed E-state index contributed by atoms with van der Waals surface area (Å²) in [7, 11) is 0. The molecule has 0 aliphatic heterocycles. The summed E-state index contributed by atoms with van der Waals surface area (Å²) in [5.74, 6) is 0. The van der Waals surface area contributed by atoms with Gasteiger partial charge in [0.25, 0.3) is 0 Å². The van der Waals surface area contributed by atoms with Crippen molar-refractivity contribution >= 4 is 45.2 Å². The van der Waals surface area contributed by atoms with Crippen molar-refractivity contribution in [2.75, 3.05) is 0 Å². The number of hydrogen-bond acceptors (Lipinski definition) is 1. The van der Waals surface area contributed by atoms with E-state index in [4.69, 9.17) is 0 Å². The van der Waals surface area contributed by atoms with Crippen molar-refractivity contribution < 1.29 is 0 Å². The van der Waals surface area contributed by atoms with Gasteiger partial charge in [0, 0.05) is 9.77 Å². The standard InChI is InChI=1S/C9H11I2N/c1-9(2,3)6-4-7(10)8(11)12-5-6/h4-5H,1-3H3. The molecule has 0 unspecified atom stereocenters. The monoisotopic (exact) mass is 387 g/mol. The van der Waals surface area contributed by atoms with Gasteiger partial charge < -0.3 is 0 Å². The maximum atomic E-state index is 4.32. The average molecular weight is 387 g/mol. The largest absolute Gasteiger partial charge is 0.249 e. The van der Waals surface area contributed by atoms with Crippen LogP contribution in [-0.2, 0) is 5.41 Å². The van der Waals surface area contributed by atoms with Gasteiger partial charge in [-0.15, -0.1) is 0 Å². The molecule has 0 aliphatic carbocycles. The first-order chi connectivity index (χ1) is 5.41. The summed E-state index contributed by atoms with van der Waals surface area (Å²) < 4.78 is 2.32. The van der Waals surface area contributed by atoms with Crippen LogP contribution in [0.1, 0.15) is 26.3 Å². The second-order valence-corrected chi connectivity index (χ2v) is 5.93. The lowest BCUT2D eigenvalue weighted by Crippen LogP contribution is -2.12. The predicted octanol–water partition coefficient (Wildman–Crippen LogP) is 3.59. The number of hydrogen-bond donors (Lipinski definition) is 0. The molecule has 1 nitrogen and oxygen atoms in total. The van der Waals surface area contributed by atoms with Gasteiger partial charge in [-0.05, 0) is 62.2 Å². The predicted molar refractivity (Wildman–Crippen MR) is 68.4 cm³/mol. The zero-order valence-electron chi connectivity index (χ0n) is 7.36. The SMILES string of the molecule is CC(C)(C)c1cnc(I)c(I)c1. The molecule has 0 aliphatic rings. The third-order valence-corrected chi connectivity index (χ3v) is 4.38. The molecular weight excluding hydrogens is 376 g/mol. The minimum absolute atomic E-state index is 0.206. The van der Waals surface area contributed by atoms with Crippen LogP contribution in [0.3, 0.4) is 0 Å². The Kier molecular flexibility index (Phi) is 3.36. The Balaban J connectivity index is 3.14. The van der Waals surface area contributed by atoms with E-state index in [0.717, 1.165) is 3.70 Å². The summed E-state index contributed by atoms with van der Waals surface area (Å²) in [6.45, 7) is 6.60. The summed E-state index contributed by atoms with van der Waals surface area (Å²) in [5.41, 5.74) is 1.50. The van der Waals surface area contributed by atoms with Crippen LogP contribution in [0.4, 0.5) is 0 Å². The van der Waals surface area contributed by atoms with Crippen molar-refractivity contribution in [1.82, 2.24) is 4.98 Å². The smallest absolute Gasteiger partial charge is 0.114 e. The summed E-state index contributed by atoms with van der Waals surface area (Å²) in [5, 5.41) is 0. The van der Waals surface area contributed by atoms with Crippen LogP contribution >= 0.6 is 45.2 Å². The lowest BCUT2D eigenvalue weighted by Gasteiger charge is -2.18. The molecule has 1 rings (SSSR count). The molecule has 1 heterocycles. The Bertz CT molecular complexity index is 289. The van der Waals surface area contributed by atoms with Crippen LogP contribution in [0.15, 0.2) is 12.3 Å². The van der Waals surface area contributed by atoms with Gasteiger partial charge in [0.05, 0.1) is 0 Å².